The van der Waals surface area contributed by atoms with Gasteiger partial charge in [-0.1, -0.05) is 30.3 Å². The van der Waals surface area contributed by atoms with Crippen molar-refractivity contribution in [2.45, 2.75) is 25.8 Å². The summed E-state index contributed by atoms with van der Waals surface area (Å²) in [5, 5.41) is 2.90. The molecule has 2 N–H and O–H groups in total. The topological polar surface area (TPSA) is 82.3 Å². The largest absolute Gasteiger partial charge is 0.349 e. The molecule has 0 radical (unpaired) electrons. The number of nitrogens with one attached hydrogen (secondary N) is 2. The van der Waals surface area contributed by atoms with Crippen LogP contribution in [-0.2, 0) is 4.79 Å². The van der Waals surface area contributed by atoms with Crippen molar-refractivity contribution in [3.8, 4) is 11.3 Å². The van der Waals surface area contributed by atoms with Crippen LogP contribution in [0.25, 0.3) is 11.3 Å². The standard InChI is InChI=1S/C19H21N3O3/c1-13(23)22-11-9-15(10-12-22)20-18(24)16-7-8-17(21-19(16)25)14-5-3-2-4-6-14/h2-8,15H,9-12H2,1H3,(H,20,24)(H,21,25). The van der Waals surface area contributed by atoms with Crippen LogP contribution in [0.1, 0.15) is 30.1 Å². The van der Waals surface area contributed by atoms with E-state index in [9.17, 15) is 14.4 Å². The first kappa shape index (κ1) is 17.0. The number of piperidine rings is 1. The number of carbonyl (C=O) groups is 2. The molecule has 130 valence electrons. The van der Waals surface area contributed by atoms with E-state index >= 15 is 0 Å². The highest BCUT2D eigenvalue weighted by Crippen LogP contribution is 2.15. The van der Waals surface area contributed by atoms with Crippen molar-refractivity contribution in [2.75, 3.05) is 13.1 Å². The van der Waals surface area contributed by atoms with Crippen LogP contribution in [0.3, 0.4) is 0 Å². The lowest BCUT2D eigenvalue weighted by Crippen LogP contribution is -2.46. The Hall–Kier alpha value is -2.89. The molecule has 2 heterocycles. The highest BCUT2D eigenvalue weighted by Gasteiger charge is 2.23. The third kappa shape index (κ3) is 3.96. The Balaban J connectivity index is 1.67. The molecule has 1 aromatic heterocycles. The Kier molecular flexibility index (Phi) is 4.97. The molecule has 0 spiro atoms. The molecule has 6 nitrogen and oxygen atoms in total. The number of hydrogen-bond acceptors (Lipinski definition) is 3. The van der Waals surface area contributed by atoms with Crippen LogP contribution in [0.4, 0.5) is 0 Å². The molecule has 3 rings (SSSR count). The third-order valence-electron chi connectivity index (χ3n) is 4.51. The van der Waals surface area contributed by atoms with Crippen LogP contribution in [-0.4, -0.2) is 40.8 Å². The van der Waals surface area contributed by atoms with Gasteiger partial charge in [-0.2, -0.15) is 0 Å². The normalized spacial score (nSPS) is 15.0. The zero-order valence-electron chi connectivity index (χ0n) is 14.1. The molecule has 0 unspecified atom stereocenters. The van der Waals surface area contributed by atoms with Crippen molar-refractivity contribution >= 4 is 11.8 Å². The molecule has 1 aliphatic heterocycles. The van der Waals surface area contributed by atoms with Gasteiger partial charge >= 0.3 is 0 Å². The average Bonchev–Trinajstić information content (AvgIpc) is 2.62. The fraction of sp³-hybridized carbons (Fsp3) is 0.316. The molecule has 0 atom stereocenters. The first-order valence-corrected chi connectivity index (χ1v) is 8.39. The van der Waals surface area contributed by atoms with Crippen LogP contribution in [0.2, 0.25) is 0 Å². The number of H-pyrrole nitrogens is 1. The van der Waals surface area contributed by atoms with E-state index < -0.39 is 5.56 Å². The molecular formula is C19H21N3O3. The maximum atomic E-state index is 12.4. The molecular weight excluding hydrogens is 318 g/mol. The molecule has 2 aromatic rings. The number of amides is 2. The van der Waals surface area contributed by atoms with Gasteiger partial charge in [-0.3, -0.25) is 14.4 Å². The summed E-state index contributed by atoms with van der Waals surface area (Å²) in [4.78, 5) is 40.5. The first-order chi connectivity index (χ1) is 12.0. The summed E-state index contributed by atoms with van der Waals surface area (Å²) in [7, 11) is 0. The number of rotatable bonds is 3. The first-order valence-electron chi connectivity index (χ1n) is 8.39. The summed E-state index contributed by atoms with van der Waals surface area (Å²) in [5.41, 5.74) is 1.27. The van der Waals surface area contributed by atoms with Crippen molar-refractivity contribution in [3.05, 3.63) is 58.4 Å². The molecule has 25 heavy (non-hydrogen) atoms. The van der Waals surface area contributed by atoms with Gasteiger partial charge < -0.3 is 15.2 Å². The molecule has 0 saturated carbocycles. The molecule has 6 heteroatoms. The van der Waals surface area contributed by atoms with Crippen molar-refractivity contribution in [1.82, 2.24) is 15.2 Å². The van der Waals surface area contributed by atoms with Gasteiger partial charge in [0, 0.05) is 31.7 Å². The van der Waals surface area contributed by atoms with Crippen LogP contribution < -0.4 is 10.9 Å². The molecule has 2 amide bonds. The Labute approximate surface area is 145 Å². The molecule has 0 aliphatic carbocycles. The van der Waals surface area contributed by atoms with Gasteiger partial charge in [0.1, 0.15) is 5.56 Å². The summed E-state index contributed by atoms with van der Waals surface area (Å²) >= 11 is 0. The van der Waals surface area contributed by atoms with E-state index in [0.29, 0.717) is 31.6 Å². The SMILES string of the molecule is CC(=O)N1CCC(NC(=O)c2ccc(-c3ccccc3)[nH]c2=O)CC1. The van der Waals surface area contributed by atoms with E-state index in [0.717, 1.165) is 5.56 Å². The minimum absolute atomic E-state index is 0.0173. The van der Waals surface area contributed by atoms with E-state index in [1.54, 1.807) is 24.0 Å². The maximum absolute atomic E-state index is 12.4. The number of nitrogens with zero attached hydrogens (tertiary/aromatic N) is 1. The van der Waals surface area contributed by atoms with Crippen LogP contribution in [0.5, 0.6) is 0 Å². The fourth-order valence-corrected chi connectivity index (χ4v) is 3.04. The van der Waals surface area contributed by atoms with E-state index in [1.165, 1.54) is 0 Å². The Bertz CT molecular complexity index is 821. The van der Waals surface area contributed by atoms with Gasteiger partial charge in [0.2, 0.25) is 5.91 Å². The minimum Gasteiger partial charge on any atom is -0.349 e. The zero-order valence-corrected chi connectivity index (χ0v) is 14.1. The summed E-state index contributed by atoms with van der Waals surface area (Å²) in [6.45, 7) is 2.81. The van der Waals surface area contributed by atoms with Crippen LogP contribution in [0, 0.1) is 0 Å². The zero-order chi connectivity index (χ0) is 17.8. The molecule has 1 fully saturated rings. The number of benzene rings is 1. The lowest BCUT2D eigenvalue weighted by molar-refractivity contribution is -0.129. The molecule has 0 bridgehead atoms. The summed E-state index contributed by atoms with van der Waals surface area (Å²) in [6.07, 6.45) is 1.40. The lowest BCUT2D eigenvalue weighted by Gasteiger charge is -2.31. The second-order valence-corrected chi connectivity index (χ2v) is 6.23. The second-order valence-electron chi connectivity index (χ2n) is 6.23. The van der Waals surface area contributed by atoms with Gasteiger partial charge in [0.05, 0.1) is 0 Å². The highest BCUT2D eigenvalue weighted by molar-refractivity contribution is 5.94. The number of likely N-dealkylation sites (tertiary alicyclic amines) is 1. The Morgan fingerprint density at radius 1 is 1.08 bits per heavy atom. The predicted octanol–water partition coefficient (Wildman–Crippen LogP) is 1.78. The Morgan fingerprint density at radius 2 is 1.76 bits per heavy atom. The fourth-order valence-electron chi connectivity index (χ4n) is 3.04. The predicted molar refractivity (Wildman–Crippen MR) is 95.2 cm³/mol. The van der Waals surface area contributed by atoms with Gasteiger partial charge in [0.15, 0.2) is 0 Å². The maximum Gasteiger partial charge on any atom is 0.261 e. The second kappa shape index (κ2) is 7.34. The molecule has 1 aromatic carbocycles. The number of carbonyl (C=O) groups excluding carboxylic acids is 2. The van der Waals surface area contributed by atoms with E-state index in [4.69, 9.17) is 0 Å². The van der Waals surface area contributed by atoms with Gasteiger partial charge in [0.25, 0.3) is 11.5 Å². The number of aromatic nitrogens is 1. The van der Waals surface area contributed by atoms with Crippen molar-refractivity contribution in [1.29, 1.82) is 0 Å². The smallest absolute Gasteiger partial charge is 0.261 e. The molecule has 1 aliphatic rings. The van der Waals surface area contributed by atoms with Crippen molar-refractivity contribution in [3.63, 3.8) is 0 Å². The molecule has 1 saturated heterocycles. The van der Waals surface area contributed by atoms with Crippen molar-refractivity contribution in [2.24, 2.45) is 0 Å². The highest BCUT2D eigenvalue weighted by atomic mass is 16.2. The van der Waals surface area contributed by atoms with Crippen molar-refractivity contribution < 1.29 is 9.59 Å². The number of pyridine rings is 1. The van der Waals surface area contributed by atoms with E-state index in [-0.39, 0.29) is 23.4 Å². The number of hydrogen-bond donors (Lipinski definition) is 2. The summed E-state index contributed by atoms with van der Waals surface area (Å²) < 4.78 is 0. The summed E-state index contributed by atoms with van der Waals surface area (Å²) in [5.74, 6) is -0.320. The van der Waals surface area contributed by atoms with Crippen LogP contribution >= 0.6 is 0 Å². The van der Waals surface area contributed by atoms with E-state index in [1.807, 2.05) is 30.3 Å². The third-order valence-corrected chi connectivity index (χ3v) is 4.51. The van der Waals surface area contributed by atoms with E-state index in [2.05, 4.69) is 10.3 Å². The lowest BCUT2D eigenvalue weighted by atomic mass is 10.0. The Morgan fingerprint density at radius 3 is 2.36 bits per heavy atom. The van der Waals surface area contributed by atoms with Gasteiger partial charge in [-0.15, -0.1) is 0 Å². The van der Waals surface area contributed by atoms with Gasteiger partial charge in [-0.25, -0.2) is 0 Å². The number of aromatic amines is 1. The quantitative estimate of drug-likeness (QED) is 0.894. The van der Waals surface area contributed by atoms with Crippen LogP contribution in [0.15, 0.2) is 47.3 Å². The monoisotopic (exact) mass is 339 g/mol. The summed E-state index contributed by atoms with van der Waals surface area (Å²) in [6, 6.07) is 12.8. The average molecular weight is 339 g/mol. The van der Waals surface area contributed by atoms with Gasteiger partial charge in [-0.05, 0) is 30.5 Å². The minimum atomic E-state index is -0.403.